The number of benzene rings is 3. The van der Waals surface area contributed by atoms with Crippen molar-refractivity contribution in [2.24, 2.45) is 0 Å². The normalized spacial score (nSPS) is 15.0. The van der Waals surface area contributed by atoms with Gasteiger partial charge in [-0.1, -0.05) is 48.5 Å². The highest BCUT2D eigenvalue weighted by atomic mass is 32.2. The average Bonchev–Trinajstić information content (AvgIpc) is 3.17. The van der Waals surface area contributed by atoms with Crippen molar-refractivity contribution in [3.63, 3.8) is 0 Å². The lowest BCUT2D eigenvalue weighted by atomic mass is 10.1. The summed E-state index contributed by atoms with van der Waals surface area (Å²) in [6.07, 6.45) is 1.67. The number of carbonyl (C=O) groups is 2. The predicted molar refractivity (Wildman–Crippen MR) is 131 cm³/mol. The molecule has 0 saturated heterocycles. The zero-order valence-corrected chi connectivity index (χ0v) is 19.9. The van der Waals surface area contributed by atoms with Crippen LogP contribution < -0.4 is 9.21 Å². The number of fused-ring (bicyclic) bond motifs is 1. The topological polar surface area (TPSA) is 84.0 Å². The number of ether oxygens (including phenoxy) is 1. The van der Waals surface area contributed by atoms with Gasteiger partial charge in [0.2, 0.25) is 10.0 Å². The molecule has 1 heterocycles. The van der Waals surface area contributed by atoms with E-state index >= 15 is 0 Å². The zero-order chi connectivity index (χ0) is 24.3. The first-order chi connectivity index (χ1) is 16.2. The highest BCUT2D eigenvalue weighted by Gasteiger charge is 2.33. The maximum atomic E-state index is 13.0. The standard InChI is InChI=1S/C26H26N2O5S/c1-19-15-22-16-21(13-14-24(22)28(19)34(2,31)32)26(30)33-18-25(29)27(23-11-7-4-8-12-23)17-20-9-5-3-6-10-20/h3-14,16,19H,15,17-18H2,1-2H3. The van der Waals surface area contributed by atoms with Crippen LogP contribution in [-0.4, -0.2) is 39.2 Å². The lowest BCUT2D eigenvalue weighted by Crippen LogP contribution is -2.34. The third kappa shape index (κ3) is 5.12. The van der Waals surface area contributed by atoms with Crippen molar-refractivity contribution in [1.82, 2.24) is 0 Å². The Balaban J connectivity index is 1.47. The molecule has 1 unspecified atom stereocenters. The first kappa shape index (κ1) is 23.5. The average molecular weight is 479 g/mol. The molecule has 1 atom stereocenters. The van der Waals surface area contributed by atoms with Crippen LogP contribution in [0.15, 0.2) is 78.9 Å². The van der Waals surface area contributed by atoms with Crippen molar-refractivity contribution in [3.8, 4) is 0 Å². The summed E-state index contributed by atoms with van der Waals surface area (Å²) in [4.78, 5) is 27.3. The Morgan fingerprint density at radius 1 is 1.00 bits per heavy atom. The van der Waals surface area contributed by atoms with Gasteiger partial charge in [0.15, 0.2) is 6.61 Å². The van der Waals surface area contributed by atoms with Crippen LogP contribution in [0.3, 0.4) is 0 Å². The molecule has 0 saturated carbocycles. The molecule has 3 aromatic carbocycles. The van der Waals surface area contributed by atoms with Gasteiger partial charge in [-0.05, 0) is 54.8 Å². The van der Waals surface area contributed by atoms with Crippen molar-refractivity contribution in [2.75, 3.05) is 22.1 Å². The second-order valence-corrected chi connectivity index (χ2v) is 10.2. The monoisotopic (exact) mass is 478 g/mol. The molecular weight excluding hydrogens is 452 g/mol. The van der Waals surface area contributed by atoms with E-state index in [1.54, 1.807) is 17.0 Å². The fourth-order valence-electron chi connectivity index (χ4n) is 4.22. The van der Waals surface area contributed by atoms with E-state index in [9.17, 15) is 18.0 Å². The maximum absolute atomic E-state index is 13.0. The summed E-state index contributed by atoms with van der Waals surface area (Å²) in [5.41, 5.74) is 3.27. The summed E-state index contributed by atoms with van der Waals surface area (Å²) < 4.78 is 30.9. The first-order valence-electron chi connectivity index (χ1n) is 10.9. The van der Waals surface area contributed by atoms with Gasteiger partial charge in [-0.3, -0.25) is 9.10 Å². The molecule has 0 aliphatic carbocycles. The highest BCUT2D eigenvalue weighted by Crippen LogP contribution is 2.34. The number of nitrogens with zero attached hydrogens (tertiary/aromatic N) is 2. The highest BCUT2D eigenvalue weighted by molar-refractivity contribution is 7.92. The van der Waals surface area contributed by atoms with Crippen molar-refractivity contribution >= 4 is 33.3 Å². The molecule has 4 rings (SSSR count). The predicted octanol–water partition coefficient (Wildman–Crippen LogP) is 3.79. The van der Waals surface area contributed by atoms with E-state index < -0.39 is 22.6 Å². The molecule has 0 fully saturated rings. The third-order valence-electron chi connectivity index (χ3n) is 5.70. The zero-order valence-electron chi connectivity index (χ0n) is 19.0. The summed E-state index contributed by atoms with van der Waals surface area (Å²) in [7, 11) is -3.41. The SMILES string of the molecule is CC1Cc2cc(C(=O)OCC(=O)N(Cc3ccccc3)c3ccccc3)ccc2N1S(C)(=O)=O. The minimum absolute atomic E-state index is 0.227. The number of sulfonamides is 1. The van der Waals surface area contributed by atoms with E-state index in [0.717, 1.165) is 11.1 Å². The Kier molecular flexibility index (Phi) is 6.70. The second-order valence-electron chi connectivity index (χ2n) is 8.33. The van der Waals surface area contributed by atoms with Crippen molar-refractivity contribution in [2.45, 2.75) is 25.9 Å². The summed E-state index contributed by atoms with van der Waals surface area (Å²) in [6, 6.07) is 23.4. The van der Waals surface area contributed by atoms with Crippen LogP contribution in [0.4, 0.5) is 11.4 Å². The van der Waals surface area contributed by atoms with Crippen LogP contribution in [0.25, 0.3) is 0 Å². The fraction of sp³-hybridized carbons (Fsp3) is 0.231. The number of hydrogen-bond acceptors (Lipinski definition) is 5. The van der Waals surface area contributed by atoms with Crippen LogP contribution in [0.1, 0.15) is 28.4 Å². The van der Waals surface area contributed by atoms with E-state index in [-0.39, 0.29) is 17.5 Å². The Bertz CT molecular complexity index is 1290. The second kappa shape index (κ2) is 9.69. The minimum Gasteiger partial charge on any atom is -0.452 e. The number of amides is 1. The lowest BCUT2D eigenvalue weighted by Gasteiger charge is -2.23. The lowest BCUT2D eigenvalue weighted by molar-refractivity contribution is -0.121. The van der Waals surface area contributed by atoms with E-state index in [1.807, 2.05) is 67.6 Å². The number of esters is 1. The molecule has 0 N–H and O–H groups in total. The number of rotatable bonds is 7. The Morgan fingerprint density at radius 2 is 1.65 bits per heavy atom. The van der Waals surface area contributed by atoms with E-state index in [0.29, 0.717) is 24.3 Å². The number of carbonyl (C=O) groups excluding carboxylic acids is 2. The molecule has 0 radical (unpaired) electrons. The van der Waals surface area contributed by atoms with Gasteiger partial charge in [0.25, 0.3) is 5.91 Å². The molecule has 1 aliphatic heterocycles. The molecule has 0 bridgehead atoms. The van der Waals surface area contributed by atoms with E-state index in [1.165, 1.54) is 16.6 Å². The molecule has 1 amide bonds. The Hall–Kier alpha value is -3.65. The summed E-state index contributed by atoms with van der Waals surface area (Å²) in [6.45, 7) is 1.76. The molecular formula is C26H26N2O5S. The van der Waals surface area contributed by atoms with Gasteiger partial charge in [-0.2, -0.15) is 0 Å². The number of hydrogen-bond donors (Lipinski definition) is 0. The van der Waals surface area contributed by atoms with Crippen LogP contribution in [0.2, 0.25) is 0 Å². The molecule has 176 valence electrons. The van der Waals surface area contributed by atoms with Crippen LogP contribution >= 0.6 is 0 Å². The first-order valence-corrected chi connectivity index (χ1v) is 12.8. The van der Waals surface area contributed by atoms with Crippen molar-refractivity contribution in [1.29, 1.82) is 0 Å². The number of para-hydroxylation sites is 1. The van der Waals surface area contributed by atoms with Gasteiger partial charge in [-0.15, -0.1) is 0 Å². The van der Waals surface area contributed by atoms with Gasteiger partial charge >= 0.3 is 5.97 Å². The van der Waals surface area contributed by atoms with Gasteiger partial charge in [0, 0.05) is 11.7 Å². The quantitative estimate of drug-likeness (QED) is 0.483. The van der Waals surface area contributed by atoms with Gasteiger partial charge in [-0.25, -0.2) is 13.2 Å². The molecule has 3 aromatic rings. The van der Waals surface area contributed by atoms with Gasteiger partial charge in [0.1, 0.15) is 0 Å². The third-order valence-corrected chi connectivity index (χ3v) is 6.98. The Morgan fingerprint density at radius 3 is 2.29 bits per heavy atom. The largest absolute Gasteiger partial charge is 0.452 e. The van der Waals surface area contributed by atoms with E-state index in [2.05, 4.69) is 0 Å². The maximum Gasteiger partial charge on any atom is 0.338 e. The van der Waals surface area contributed by atoms with Crippen molar-refractivity contribution in [3.05, 3.63) is 95.6 Å². The number of anilines is 2. The molecule has 34 heavy (non-hydrogen) atoms. The summed E-state index contributed by atoms with van der Waals surface area (Å²) in [5, 5.41) is 0. The molecule has 0 spiro atoms. The minimum atomic E-state index is -3.41. The molecule has 0 aromatic heterocycles. The Labute approximate surface area is 199 Å². The van der Waals surface area contributed by atoms with Gasteiger partial charge in [0.05, 0.1) is 24.1 Å². The van der Waals surface area contributed by atoms with Crippen LogP contribution in [0, 0.1) is 0 Å². The molecule has 7 nitrogen and oxygen atoms in total. The fourth-order valence-corrected chi connectivity index (χ4v) is 5.48. The smallest absolute Gasteiger partial charge is 0.338 e. The summed E-state index contributed by atoms with van der Waals surface area (Å²) in [5.74, 6) is -0.976. The van der Waals surface area contributed by atoms with E-state index in [4.69, 9.17) is 4.74 Å². The van der Waals surface area contributed by atoms with Gasteiger partial charge < -0.3 is 9.64 Å². The van der Waals surface area contributed by atoms with Crippen molar-refractivity contribution < 1.29 is 22.7 Å². The summed E-state index contributed by atoms with van der Waals surface area (Å²) >= 11 is 0. The van der Waals surface area contributed by atoms with Crippen LogP contribution in [-0.2, 0) is 32.5 Å². The van der Waals surface area contributed by atoms with Crippen LogP contribution in [0.5, 0.6) is 0 Å². The molecule has 1 aliphatic rings. The molecule has 8 heteroatoms.